The van der Waals surface area contributed by atoms with E-state index in [0.717, 1.165) is 18.6 Å². The number of nitriles is 1. The number of benzene rings is 2. The first kappa shape index (κ1) is 30.8. The molecular formula is C31H28F6N6O2S. The number of thiophene rings is 1. The zero-order chi connectivity index (χ0) is 32.5. The maximum absolute atomic E-state index is 16.8. The van der Waals surface area contributed by atoms with Crippen LogP contribution in [0.25, 0.3) is 32.1 Å². The first-order valence-electron chi connectivity index (χ1n) is 14.8. The fourth-order valence-corrected chi connectivity index (χ4v) is 8.07. The summed E-state index contributed by atoms with van der Waals surface area (Å²) in [5.41, 5.74) is 1.85. The van der Waals surface area contributed by atoms with Crippen molar-refractivity contribution in [3.63, 3.8) is 0 Å². The number of rotatable bonds is 6. The number of nitrogens with two attached hydrogens (primary N) is 1. The van der Waals surface area contributed by atoms with E-state index in [0.29, 0.717) is 43.3 Å². The Morgan fingerprint density at radius 1 is 1.26 bits per heavy atom. The van der Waals surface area contributed by atoms with Crippen LogP contribution in [0.1, 0.15) is 43.7 Å². The summed E-state index contributed by atoms with van der Waals surface area (Å²) in [6.07, 6.45) is -4.33. The van der Waals surface area contributed by atoms with Gasteiger partial charge in [-0.05, 0) is 57.0 Å². The number of fused-ring (bicyclic) bond motifs is 3. The molecule has 4 aromatic rings. The van der Waals surface area contributed by atoms with Gasteiger partial charge in [-0.2, -0.15) is 28.4 Å². The van der Waals surface area contributed by atoms with E-state index < -0.39 is 52.3 Å². The van der Waals surface area contributed by atoms with Crippen LogP contribution in [0.15, 0.2) is 18.2 Å². The van der Waals surface area contributed by atoms with E-state index in [4.69, 9.17) is 15.2 Å². The average Bonchev–Trinajstić information content (AvgIpc) is 3.74. The highest BCUT2D eigenvalue weighted by Gasteiger charge is 2.49. The Labute approximate surface area is 263 Å². The van der Waals surface area contributed by atoms with Crippen LogP contribution in [-0.2, 0) is 6.18 Å². The van der Waals surface area contributed by atoms with Gasteiger partial charge in [-0.3, -0.25) is 4.90 Å². The van der Waals surface area contributed by atoms with Gasteiger partial charge in [0.2, 0.25) is 5.88 Å². The molecule has 15 heteroatoms. The summed E-state index contributed by atoms with van der Waals surface area (Å²) < 4.78 is 102. The van der Waals surface area contributed by atoms with E-state index in [2.05, 4.69) is 15.3 Å². The van der Waals surface area contributed by atoms with Crippen molar-refractivity contribution in [2.75, 3.05) is 32.0 Å². The maximum atomic E-state index is 16.8. The van der Waals surface area contributed by atoms with Crippen LogP contribution >= 0.6 is 11.3 Å². The molecule has 4 atom stereocenters. The van der Waals surface area contributed by atoms with Crippen LogP contribution in [0.4, 0.5) is 31.3 Å². The van der Waals surface area contributed by atoms with Crippen LogP contribution in [-0.4, -0.2) is 65.0 Å². The van der Waals surface area contributed by atoms with Gasteiger partial charge in [-0.15, -0.1) is 11.3 Å². The number of nitrogens with one attached hydrogen (secondary N) is 1. The number of anilines is 1. The van der Waals surface area contributed by atoms with Crippen molar-refractivity contribution in [3.8, 4) is 29.1 Å². The lowest BCUT2D eigenvalue weighted by Crippen LogP contribution is -2.43. The molecule has 0 aliphatic carbocycles. The molecule has 5 heterocycles. The zero-order valence-corrected chi connectivity index (χ0v) is 25.3. The second-order valence-electron chi connectivity index (χ2n) is 12.1. The molecule has 0 spiro atoms. The largest absolute Gasteiger partial charge is 0.472 e. The third-order valence-electron chi connectivity index (χ3n) is 9.33. The summed E-state index contributed by atoms with van der Waals surface area (Å²) in [5, 5.41) is 12.3. The first-order valence-corrected chi connectivity index (χ1v) is 15.7. The highest BCUT2D eigenvalue weighted by Crippen LogP contribution is 2.48. The minimum atomic E-state index is -5.09. The van der Waals surface area contributed by atoms with E-state index in [-0.39, 0.29) is 69.1 Å². The monoisotopic (exact) mass is 662 g/mol. The molecule has 46 heavy (non-hydrogen) atoms. The first-order chi connectivity index (χ1) is 21.9. The third kappa shape index (κ3) is 4.98. The molecule has 3 fully saturated rings. The van der Waals surface area contributed by atoms with E-state index in [1.165, 1.54) is 0 Å². The lowest BCUT2D eigenvalue weighted by atomic mass is 9.92. The SMILES string of the molecule is CC1NCCC1Oc1nc(OCC23CCCN2CC(F)C3)nc2c(F)c(-c3ccc(F)c4sc(N)c(C#N)c34)c(C(F)(F)F)cc12. The van der Waals surface area contributed by atoms with Gasteiger partial charge in [-0.1, -0.05) is 6.07 Å². The van der Waals surface area contributed by atoms with Crippen LogP contribution in [0.5, 0.6) is 11.9 Å². The molecule has 2 aromatic carbocycles. The number of nitrogens with zero attached hydrogens (tertiary/aromatic N) is 4. The van der Waals surface area contributed by atoms with Gasteiger partial charge in [0.05, 0.1) is 26.8 Å². The van der Waals surface area contributed by atoms with Crippen molar-refractivity contribution < 1.29 is 35.8 Å². The summed E-state index contributed by atoms with van der Waals surface area (Å²) in [7, 11) is 0. The minimum absolute atomic E-state index is 0.00679. The normalized spacial score (nSPS) is 25.0. The maximum Gasteiger partial charge on any atom is 0.417 e. The van der Waals surface area contributed by atoms with Crippen molar-refractivity contribution in [2.24, 2.45) is 0 Å². The van der Waals surface area contributed by atoms with Gasteiger partial charge < -0.3 is 20.5 Å². The second-order valence-corrected chi connectivity index (χ2v) is 13.2. The van der Waals surface area contributed by atoms with Crippen LogP contribution in [0, 0.1) is 23.0 Å². The Balaban J connectivity index is 1.44. The number of hydrogen-bond acceptors (Lipinski definition) is 9. The molecule has 0 amide bonds. The molecule has 3 saturated heterocycles. The molecule has 3 aliphatic rings. The molecule has 242 valence electrons. The molecule has 7 rings (SSSR count). The summed E-state index contributed by atoms with van der Waals surface area (Å²) >= 11 is 0.684. The Morgan fingerprint density at radius 2 is 2.07 bits per heavy atom. The highest BCUT2D eigenvalue weighted by atomic mass is 32.1. The van der Waals surface area contributed by atoms with Gasteiger partial charge in [0, 0.05) is 30.0 Å². The third-order valence-corrected chi connectivity index (χ3v) is 10.4. The number of hydrogen-bond donors (Lipinski definition) is 2. The standard InChI is InChI=1S/C31H28F6N6O2S/c1-14-21(5-7-40-14)45-28-17-9-19(31(35,36)37)23(16-3-4-20(33)26-22(16)18(11-38)27(39)46-26)24(34)25(17)41-29(42-28)44-13-30-6-2-8-43(30)12-15(32)10-30/h3-4,9,14-15,21,40H,2,5-8,10,12-13,39H2,1H3. The number of halogens is 6. The summed E-state index contributed by atoms with van der Waals surface area (Å²) in [5.74, 6) is -2.50. The summed E-state index contributed by atoms with van der Waals surface area (Å²) in [4.78, 5) is 10.6. The lowest BCUT2D eigenvalue weighted by molar-refractivity contribution is -0.137. The summed E-state index contributed by atoms with van der Waals surface area (Å²) in [6, 6.07) is 3.91. The van der Waals surface area contributed by atoms with Crippen molar-refractivity contribution >= 4 is 37.3 Å². The smallest absolute Gasteiger partial charge is 0.417 e. The molecule has 3 aliphatic heterocycles. The fraction of sp³-hybridized carbons (Fsp3) is 0.452. The predicted molar refractivity (Wildman–Crippen MR) is 159 cm³/mol. The van der Waals surface area contributed by atoms with Crippen molar-refractivity contribution in [1.82, 2.24) is 20.2 Å². The quantitative estimate of drug-likeness (QED) is 0.230. The number of ether oxygens (including phenoxy) is 2. The van der Waals surface area contributed by atoms with Gasteiger partial charge in [0.25, 0.3) is 0 Å². The molecule has 3 N–H and O–H groups in total. The van der Waals surface area contributed by atoms with E-state index in [1.807, 2.05) is 17.9 Å². The topological polar surface area (TPSA) is 109 Å². The Hall–Kier alpha value is -3.87. The Morgan fingerprint density at radius 3 is 2.78 bits per heavy atom. The zero-order valence-electron chi connectivity index (χ0n) is 24.5. The fourth-order valence-electron chi connectivity index (χ4n) is 7.12. The number of nitrogen functional groups attached to an aromatic ring is 1. The minimum Gasteiger partial charge on any atom is -0.472 e. The molecule has 4 unspecified atom stereocenters. The second kappa shape index (κ2) is 11.1. The van der Waals surface area contributed by atoms with Crippen molar-refractivity contribution in [2.45, 2.75) is 62.6 Å². The highest BCUT2D eigenvalue weighted by molar-refractivity contribution is 7.23. The van der Waals surface area contributed by atoms with E-state index in [9.17, 15) is 27.2 Å². The number of aromatic nitrogens is 2. The van der Waals surface area contributed by atoms with Crippen LogP contribution in [0.2, 0.25) is 0 Å². The molecule has 0 saturated carbocycles. The molecule has 0 radical (unpaired) electrons. The van der Waals surface area contributed by atoms with Crippen molar-refractivity contribution in [1.29, 1.82) is 5.26 Å². The lowest BCUT2D eigenvalue weighted by Gasteiger charge is -2.30. The van der Waals surface area contributed by atoms with Gasteiger partial charge in [0.1, 0.15) is 41.3 Å². The van der Waals surface area contributed by atoms with Crippen LogP contribution < -0.4 is 20.5 Å². The number of alkyl halides is 4. The summed E-state index contributed by atoms with van der Waals surface area (Å²) in [6.45, 7) is 3.40. The van der Waals surface area contributed by atoms with Gasteiger partial charge in [-0.25, -0.2) is 13.2 Å². The van der Waals surface area contributed by atoms with Crippen molar-refractivity contribution in [3.05, 3.63) is 41.0 Å². The Kier molecular flexibility index (Phi) is 7.45. The van der Waals surface area contributed by atoms with Gasteiger partial charge >= 0.3 is 12.2 Å². The average molecular weight is 663 g/mol. The molecule has 8 nitrogen and oxygen atoms in total. The van der Waals surface area contributed by atoms with E-state index in [1.54, 1.807) is 0 Å². The van der Waals surface area contributed by atoms with Gasteiger partial charge in [0.15, 0.2) is 5.82 Å². The molecule has 2 aromatic heterocycles. The van der Waals surface area contributed by atoms with E-state index >= 15 is 4.39 Å². The molecule has 0 bridgehead atoms. The Bertz CT molecular complexity index is 1910. The van der Waals surface area contributed by atoms with Crippen LogP contribution in [0.3, 0.4) is 0 Å². The molecular weight excluding hydrogens is 634 g/mol. The predicted octanol–water partition coefficient (Wildman–Crippen LogP) is 6.35.